The van der Waals surface area contributed by atoms with E-state index in [1.54, 1.807) is 0 Å². The van der Waals surface area contributed by atoms with E-state index in [2.05, 4.69) is 34.6 Å². The molecular formula is C17H29NO2. The van der Waals surface area contributed by atoms with Gasteiger partial charge in [-0.05, 0) is 25.0 Å². The van der Waals surface area contributed by atoms with E-state index in [9.17, 15) is 0 Å². The third-order valence-corrected chi connectivity index (χ3v) is 3.28. The van der Waals surface area contributed by atoms with Crippen molar-refractivity contribution >= 4 is 0 Å². The summed E-state index contributed by atoms with van der Waals surface area (Å²) in [5.41, 5.74) is 6.22. The van der Waals surface area contributed by atoms with Gasteiger partial charge in [-0.25, -0.2) is 0 Å². The first-order chi connectivity index (χ1) is 9.40. The second-order valence-electron chi connectivity index (χ2n) is 6.27. The highest BCUT2D eigenvalue weighted by atomic mass is 16.5. The van der Waals surface area contributed by atoms with Crippen LogP contribution >= 0.6 is 0 Å². The van der Waals surface area contributed by atoms with Crippen molar-refractivity contribution in [2.45, 2.75) is 59.6 Å². The molecule has 1 rings (SSSR count). The van der Waals surface area contributed by atoms with Crippen LogP contribution in [-0.4, -0.2) is 18.8 Å². The molecule has 2 atom stereocenters. The molecule has 0 saturated carbocycles. The molecule has 20 heavy (non-hydrogen) atoms. The topological polar surface area (TPSA) is 44.5 Å². The summed E-state index contributed by atoms with van der Waals surface area (Å²) in [6, 6.07) is 7.83. The lowest BCUT2D eigenvalue weighted by atomic mass is 9.84. The van der Waals surface area contributed by atoms with Gasteiger partial charge in [0.2, 0.25) is 0 Å². The maximum atomic E-state index is 6.24. The molecule has 2 N–H and O–H groups in total. The van der Waals surface area contributed by atoms with E-state index in [-0.39, 0.29) is 17.6 Å². The number of hydrogen-bond donors (Lipinski definition) is 1. The Hall–Kier alpha value is -1.22. The molecular weight excluding hydrogens is 250 g/mol. The monoisotopic (exact) mass is 279 g/mol. The first-order valence-corrected chi connectivity index (χ1v) is 7.54. The zero-order valence-corrected chi connectivity index (χ0v) is 13.5. The van der Waals surface area contributed by atoms with Crippen molar-refractivity contribution in [3.8, 4) is 11.5 Å². The lowest BCUT2D eigenvalue weighted by Crippen LogP contribution is -2.47. The Morgan fingerprint density at radius 1 is 1.10 bits per heavy atom. The summed E-state index contributed by atoms with van der Waals surface area (Å²) in [5.74, 6) is 1.58. The smallest absolute Gasteiger partial charge is 0.161 e. The summed E-state index contributed by atoms with van der Waals surface area (Å²) < 4.78 is 12.0. The predicted octanol–water partition coefficient (Wildman–Crippen LogP) is 4.01. The first-order valence-electron chi connectivity index (χ1n) is 7.54. The van der Waals surface area contributed by atoms with Crippen LogP contribution in [0, 0.1) is 5.41 Å². The van der Waals surface area contributed by atoms with Crippen molar-refractivity contribution in [1.82, 2.24) is 0 Å². The van der Waals surface area contributed by atoms with E-state index in [1.165, 1.54) is 0 Å². The van der Waals surface area contributed by atoms with Crippen molar-refractivity contribution < 1.29 is 9.47 Å². The molecule has 0 heterocycles. The maximum Gasteiger partial charge on any atom is 0.161 e. The fourth-order valence-corrected chi connectivity index (χ4v) is 2.14. The van der Waals surface area contributed by atoms with Gasteiger partial charge in [0.25, 0.3) is 0 Å². The van der Waals surface area contributed by atoms with Crippen molar-refractivity contribution in [2.75, 3.05) is 6.61 Å². The minimum atomic E-state index is -0.0427. The molecule has 0 radical (unpaired) electrons. The molecule has 3 nitrogen and oxygen atoms in total. The van der Waals surface area contributed by atoms with E-state index in [1.807, 2.05) is 24.3 Å². The highest BCUT2D eigenvalue weighted by molar-refractivity contribution is 5.39. The lowest BCUT2D eigenvalue weighted by molar-refractivity contribution is 0.0589. The van der Waals surface area contributed by atoms with E-state index in [0.29, 0.717) is 6.61 Å². The van der Waals surface area contributed by atoms with Gasteiger partial charge in [0.15, 0.2) is 11.5 Å². The largest absolute Gasteiger partial charge is 0.490 e. The summed E-state index contributed by atoms with van der Waals surface area (Å²) in [7, 11) is 0. The van der Waals surface area contributed by atoms with E-state index < -0.39 is 0 Å². The van der Waals surface area contributed by atoms with Crippen molar-refractivity contribution in [3.63, 3.8) is 0 Å². The maximum absolute atomic E-state index is 6.24. The Kier molecular flexibility index (Phi) is 6.34. The van der Waals surface area contributed by atoms with E-state index in [0.717, 1.165) is 24.3 Å². The third-order valence-electron chi connectivity index (χ3n) is 3.28. The van der Waals surface area contributed by atoms with Gasteiger partial charge in [-0.3, -0.25) is 0 Å². The van der Waals surface area contributed by atoms with Crippen LogP contribution in [0.1, 0.15) is 47.5 Å². The standard InChI is InChI=1S/C17H29NO2/c1-6-12-19-14-10-8-9-11-15(14)20-16(13(18)7-2)17(3,4)5/h8-11,13,16H,6-7,12,18H2,1-5H3. The van der Waals surface area contributed by atoms with Crippen molar-refractivity contribution in [3.05, 3.63) is 24.3 Å². The number of nitrogens with two attached hydrogens (primary N) is 1. The Labute approximate surface area is 123 Å². The summed E-state index contributed by atoms with van der Waals surface area (Å²) in [6.07, 6.45) is 1.82. The van der Waals surface area contributed by atoms with Crippen LogP contribution in [0.3, 0.4) is 0 Å². The fourth-order valence-electron chi connectivity index (χ4n) is 2.14. The molecule has 114 valence electrons. The van der Waals surface area contributed by atoms with E-state index in [4.69, 9.17) is 15.2 Å². The number of rotatable bonds is 7. The summed E-state index contributed by atoms with van der Waals surface area (Å²) in [5, 5.41) is 0. The zero-order chi connectivity index (χ0) is 15.2. The van der Waals surface area contributed by atoms with Crippen LogP contribution in [0.4, 0.5) is 0 Å². The molecule has 0 bridgehead atoms. The third kappa shape index (κ3) is 4.71. The van der Waals surface area contributed by atoms with Crippen LogP contribution in [0.2, 0.25) is 0 Å². The second kappa shape index (κ2) is 7.53. The molecule has 0 aromatic heterocycles. The van der Waals surface area contributed by atoms with E-state index >= 15 is 0 Å². The van der Waals surface area contributed by atoms with Gasteiger partial charge < -0.3 is 15.2 Å². The number of ether oxygens (including phenoxy) is 2. The van der Waals surface area contributed by atoms with Gasteiger partial charge in [-0.15, -0.1) is 0 Å². The van der Waals surface area contributed by atoms with Crippen LogP contribution < -0.4 is 15.2 Å². The Balaban J connectivity index is 2.93. The Morgan fingerprint density at radius 3 is 2.20 bits per heavy atom. The summed E-state index contributed by atoms with van der Waals surface area (Å²) in [4.78, 5) is 0. The number of hydrogen-bond acceptors (Lipinski definition) is 3. The van der Waals surface area contributed by atoms with Gasteiger partial charge >= 0.3 is 0 Å². The molecule has 0 fully saturated rings. The SMILES string of the molecule is CCCOc1ccccc1OC(C(N)CC)C(C)(C)C. The molecule has 2 unspecified atom stereocenters. The fraction of sp³-hybridized carbons (Fsp3) is 0.647. The minimum Gasteiger partial charge on any atom is -0.490 e. The van der Waals surface area contributed by atoms with Crippen molar-refractivity contribution in [2.24, 2.45) is 11.1 Å². The molecule has 3 heteroatoms. The first kappa shape index (κ1) is 16.8. The molecule has 1 aromatic carbocycles. The summed E-state index contributed by atoms with van der Waals surface area (Å²) >= 11 is 0. The van der Waals surface area contributed by atoms with Crippen molar-refractivity contribution in [1.29, 1.82) is 0 Å². The van der Waals surface area contributed by atoms with Gasteiger partial charge in [0, 0.05) is 11.5 Å². The van der Waals surface area contributed by atoms with Gasteiger partial charge in [0.05, 0.1) is 6.61 Å². The van der Waals surface area contributed by atoms with Gasteiger partial charge in [-0.1, -0.05) is 46.8 Å². The number of para-hydroxylation sites is 2. The molecule has 0 amide bonds. The number of benzene rings is 1. The molecule has 0 saturated heterocycles. The predicted molar refractivity (Wildman–Crippen MR) is 84.4 cm³/mol. The molecule has 0 aliphatic heterocycles. The van der Waals surface area contributed by atoms with Crippen LogP contribution in [0.5, 0.6) is 11.5 Å². The van der Waals surface area contributed by atoms with Crippen LogP contribution in [0.15, 0.2) is 24.3 Å². The quantitative estimate of drug-likeness (QED) is 0.820. The highest BCUT2D eigenvalue weighted by Crippen LogP contribution is 2.33. The molecule has 0 aliphatic carbocycles. The summed E-state index contributed by atoms with van der Waals surface area (Å²) in [6.45, 7) is 11.3. The average molecular weight is 279 g/mol. The van der Waals surface area contributed by atoms with Crippen LogP contribution in [0.25, 0.3) is 0 Å². The van der Waals surface area contributed by atoms with Gasteiger partial charge in [0.1, 0.15) is 6.10 Å². The minimum absolute atomic E-state index is 0.00855. The Bertz CT molecular complexity index is 398. The Morgan fingerprint density at radius 2 is 1.70 bits per heavy atom. The lowest BCUT2D eigenvalue weighted by Gasteiger charge is -2.35. The molecule has 0 spiro atoms. The van der Waals surface area contributed by atoms with Crippen LogP contribution in [-0.2, 0) is 0 Å². The highest BCUT2D eigenvalue weighted by Gasteiger charge is 2.32. The average Bonchev–Trinajstić information content (AvgIpc) is 2.41. The zero-order valence-electron chi connectivity index (χ0n) is 13.5. The normalized spacial score (nSPS) is 14.7. The van der Waals surface area contributed by atoms with Gasteiger partial charge in [-0.2, -0.15) is 0 Å². The molecule has 1 aromatic rings. The second-order valence-corrected chi connectivity index (χ2v) is 6.27. The molecule has 0 aliphatic rings.